The summed E-state index contributed by atoms with van der Waals surface area (Å²) in [4.78, 5) is 13.4. The molecule has 2 saturated heterocycles. The van der Waals surface area contributed by atoms with E-state index in [-0.39, 0.29) is 18.9 Å². The molecule has 0 aromatic rings. The number of amides is 1. The highest BCUT2D eigenvalue weighted by molar-refractivity contribution is 5.76. The van der Waals surface area contributed by atoms with Gasteiger partial charge in [-0.25, -0.2) is 0 Å². The number of hydrogen-bond acceptors (Lipinski definition) is 13. The zero-order valence-corrected chi connectivity index (χ0v) is 61.9. The van der Waals surface area contributed by atoms with Gasteiger partial charge in [-0.2, -0.15) is 0 Å². The Morgan fingerprint density at radius 3 is 1.05 bits per heavy atom. The summed E-state index contributed by atoms with van der Waals surface area (Å²) in [7, 11) is 0. The van der Waals surface area contributed by atoms with E-state index in [1.807, 2.05) is 6.08 Å². The minimum Gasteiger partial charge on any atom is -0.394 e. The number of unbranched alkanes of at least 4 members (excludes halogenated alkanes) is 50. The number of hydrogen-bond donors (Lipinski definition) is 9. The summed E-state index contributed by atoms with van der Waals surface area (Å²) in [6.45, 7) is 2.84. The predicted octanol–water partition coefficient (Wildman–Crippen LogP) is 18.6. The largest absolute Gasteiger partial charge is 0.394 e. The van der Waals surface area contributed by atoms with Gasteiger partial charge in [0.1, 0.15) is 48.8 Å². The molecule has 2 fully saturated rings. The minimum atomic E-state index is -1.79. The number of allylic oxidation sites excluding steroid dienone is 7. The minimum absolute atomic E-state index is 0.231. The summed E-state index contributed by atoms with van der Waals surface area (Å²) in [6.07, 6.45) is 72.1. The zero-order chi connectivity index (χ0) is 69.4. The maximum atomic E-state index is 13.4. The van der Waals surface area contributed by atoms with Gasteiger partial charge >= 0.3 is 0 Å². The number of ether oxygens (including phenoxy) is 4. The van der Waals surface area contributed by atoms with Gasteiger partial charge in [-0.3, -0.25) is 4.79 Å². The van der Waals surface area contributed by atoms with Crippen molar-refractivity contribution >= 4 is 5.91 Å². The molecule has 0 saturated carbocycles. The molecule has 0 spiro atoms. The Morgan fingerprint density at radius 1 is 0.375 bits per heavy atom. The molecular weight excluding hydrogens is 1210 g/mol. The molecular formula is C82H153NO13. The highest BCUT2D eigenvalue weighted by Gasteiger charge is 2.51. The lowest BCUT2D eigenvalue weighted by Gasteiger charge is -2.46. The van der Waals surface area contributed by atoms with Crippen LogP contribution in [0.5, 0.6) is 0 Å². The third kappa shape index (κ3) is 48.7. The quantitative estimate of drug-likeness (QED) is 0.0204. The molecule has 2 rings (SSSR count). The number of aliphatic hydroxyl groups is 8. The second kappa shape index (κ2) is 66.2. The van der Waals surface area contributed by atoms with E-state index in [0.717, 1.165) is 51.4 Å². The summed E-state index contributed by atoms with van der Waals surface area (Å²) < 4.78 is 22.9. The van der Waals surface area contributed by atoms with Crippen molar-refractivity contribution in [3.8, 4) is 0 Å². The van der Waals surface area contributed by atoms with E-state index < -0.39 is 86.8 Å². The number of aliphatic hydroxyl groups excluding tert-OH is 8. The standard InChI is InChI=1S/C82H153NO13/c1-3-5-7-9-11-13-15-17-19-21-23-25-26-27-28-29-30-31-32-33-34-35-36-37-38-39-40-41-42-43-44-46-48-50-52-54-56-58-60-62-64-66-74(87)83-70(71(86)65-63-61-59-57-55-53-51-49-47-45-24-22-20-18-16-14-12-10-8-6-4-2)69-93-81-79(92)77(90)80(73(68-85)95-81)96-82-78(91)76(89)75(88)72(67-84)94-82/h15,17,21,23,26-27,63,65,70-73,75-82,84-86,88-92H,3-14,16,18-20,22,24-25,28-62,64,66-69H2,1-2H3,(H,83,87)/b17-15-,23-21-,27-26-,65-63+. The molecule has 14 nitrogen and oxygen atoms in total. The average Bonchev–Trinajstić information content (AvgIpc) is 0.807. The summed E-state index contributed by atoms with van der Waals surface area (Å²) in [6, 6.07) is -0.914. The van der Waals surface area contributed by atoms with Crippen LogP contribution in [0.4, 0.5) is 0 Å². The van der Waals surface area contributed by atoms with E-state index >= 15 is 0 Å². The van der Waals surface area contributed by atoms with E-state index in [9.17, 15) is 45.6 Å². The Hall–Kier alpha value is -2.05. The van der Waals surface area contributed by atoms with Crippen LogP contribution in [0.2, 0.25) is 0 Å². The summed E-state index contributed by atoms with van der Waals surface area (Å²) in [5, 5.41) is 87.6. The topological polar surface area (TPSA) is 228 Å². The van der Waals surface area contributed by atoms with E-state index in [0.29, 0.717) is 6.42 Å². The van der Waals surface area contributed by atoms with Gasteiger partial charge in [-0.1, -0.05) is 358 Å². The lowest BCUT2D eigenvalue weighted by atomic mass is 9.97. The van der Waals surface area contributed by atoms with Crippen LogP contribution in [-0.4, -0.2) is 140 Å². The molecule has 96 heavy (non-hydrogen) atoms. The lowest BCUT2D eigenvalue weighted by Crippen LogP contribution is -2.65. The normalized spacial score (nSPS) is 22.4. The van der Waals surface area contributed by atoms with Gasteiger partial charge in [0, 0.05) is 6.42 Å². The average molecular weight is 1360 g/mol. The molecule has 12 unspecified atom stereocenters. The first-order valence-corrected chi connectivity index (χ1v) is 40.9. The monoisotopic (exact) mass is 1360 g/mol. The van der Waals surface area contributed by atoms with Crippen molar-refractivity contribution in [1.29, 1.82) is 0 Å². The van der Waals surface area contributed by atoms with Gasteiger partial charge < -0.3 is 65.1 Å². The van der Waals surface area contributed by atoms with Crippen molar-refractivity contribution in [2.75, 3.05) is 19.8 Å². The summed E-state index contributed by atoms with van der Waals surface area (Å²) in [5.41, 5.74) is 0. The Morgan fingerprint density at radius 2 is 0.688 bits per heavy atom. The first-order chi connectivity index (χ1) is 47.1. The van der Waals surface area contributed by atoms with Crippen molar-refractivity contribution in [2.24, 2.45) is 0 Å². The second-order valence-corrected chi connectivity index (χ2v) is 28.9. The van der Waals surface area contributed by atoms with Crippen LogP contribution in [0.3, 0.4) is 0 Å². The van der Waals surface area contributed by atoms with Crippen molar-refractivity contribution in [3.05, 3.63) is 48.6 Å². The third-order valence-corrected chi connectivity index (χ3v) is 20.0. The fourth-order valence-electron chi connectivity index (χ4n) is 13.5. The Labute approximate surface area is 588 Å². The van der Waals surface area contributed by atoms with E-state index in [1.165, 1.54) is 295 Å². The highest BCUT2D eigenvalue weighted by Crippen LogP contribution is 2.30. The number of carbonyl (C=O) groups excluding carboxylic acids is 1. The second-order valence-electron chi connectivity index (χ2n) is 28.9. The van der Waals surface area contributed by atoms with Crippen LogP contribution in [-0.2, 0) is 23.7 Å². The molecule has 564 valence electrons. The summed E-state index contributed by atoms with van der Waals surface area (Å²) >= 11 is 0. The van der Waals surface area contributed by atoms with Crippen LogP contribution in [0.1, 0.15) is 373 Å². The number of carbonyl (C=O) groups is 1. The molecule has 0 aliphatic carbocycles. The molecule has 12 atom stereocenters. The van der Waals surface area contributed by atoms with Crippen molar-refractivity contribution in [2.45, 2.75) is 447 Å². The lowest BCUT2D eigenvalue weighted by molar-refractivity contribution is -0.359. The predicted molar refractivity (Wildman–Crippen MR) is 397 cm³/mol. The third-order valence-electron chi connectivity index (χ3n) is 20.0. The maximum Gasteiger partial charge on any atom is 0.220 e. The van der Waals surface area contributed by atoms with Crippen molar-refractivity contribution in [1.82, 2.24) is 5.32 Å². The van der Waals surface area contributed by atoms with Crippen LogP contribution in [0, 0.1) is 0 Å². The van der Waals surface area contributed by atoms with Gasteiger partial charge in [0.2, 0.25) is 5.91 Å². The maximum absolute atomic E-state index is 13.4. The molecule has 0 bridgehead atoms. The molecule has 2 aliphatic rings. The van der Waals surface area contributed by atoms with Crippen LogP contribution >= 0.6 is 0 Å². The zero-order valence-electron chi connectivity index (χ0n) is 61.9. The molecule has 2 aliphatic heterocycles. The van der Waals surface area contributed by atoms with Gasteiger partial charge in [0.25, 0.3) is 0 Å². The smallest absolute Gasteiger partial charge is 0.220 e. The van der Waals surface area contributed by atoms with Crippen molar-refractivity contribution in [3.63, 3.8) is 0 Å². The van der Waals surface area contributed by atoms with Crippen molar-refractivity contribution < 1.29 is 64.6 Å². The van der Waals surface area contributed by atoms with E-state index in [4.69, 9.17) is 18.9 Å². The summed E-state index contributed by atoms with van der Waals surface area (Å²) in [5.74, 6) is -0.231. The number of rotatable bonds is 69. The van der Waals surface area contributed by atoms with E-state index in [2.05, 4.69) is 55.6 Å². The first-order valence-electron chi connectivity index (χ1n) is 40.9. The Kier molecular flexibility index (Phi) is 62.1. The Balaban J connectivity index is 1.55. The fourth-order valence-corrected chi connectivity index (χ4v) is 13.5. The van der Waals surface area contributed by atoms with Crippen LogP contribution in [0.25, 0.3) is 0 Å². The fraction of sp³-hybridized carbons (Fsp3) is 0.890. The van der Waals surface area contributed by atoms with Gasteiger partial charge in [-0.15, -0.1) is 0 Å². The van der Waals surface area contributed by atoms with Gasteiger partial charge in [0.05, 0.1) is 32.0 Å². The molecule has 14 heteroatoms. The SMILES string of the molecule is CCCCCCC/C=C\C/C=C\C/C=C\CCCCCCCCCCCCCCCCCCCCCCCCCCCCC(=O)NC(COC1OC(CO)C(OC2OC(CO)C(O)C(O)C2O)C(O)C1O)C(O)/C=C/CCCCCCCCCCCCCCCCCCCCC. The Bertz CT molecular complexity index is 1800. The van der Waals surface area contributed by atoms with E-state index in [1.54, 1.807) is 6.08 Å². The van der Waals surface area contributed by atoms with Gasteiger partial charge in [-0.05, 0) is 57.8 Å². The molecule has 0 aromatic carbocycles. The molecule has 2 heterocycles. The highest BCUT2D eigenvalue weighted by atomic mass is 16.7. The van der Waals surface area contributed by atoms with Gasteiger partial charge in [0.15, 0.2) is 12.6 Å². The van der Waals surface area contributed by atoms with Crippen LogP contribution in [0.15, 0.2) is 48.6 Å². The number of nitrogens with one attached hydrogen (secondary N) is 1. The molecule has 0 aromatic heterocycles. The molecule has 0 radical (unpaired) electrons. The molecule has 9 N–H and O–H groups in total. The molecule has 1 amide bonds. The first kappa shape index (κ1) is 90.0. The van der Waals surface area contributed by atoms with Crippen LogP contribution < -0.4 is 5.32 Å².